The van der Waals surface area contributed by atoms with Gasteiger partial charge in [0.15, 0.2) is 0 Å². The topological polar surface area (TPSA) is 113 Å². The van der Waals surface area contributed by atoms with E-state index >= 15 is 0 Å². The van der Waals surface area contributed by atoms with Crippen molar-refractivity contribution in [3.63, 3.8) is 0 Å². The van der Waals surface area contributed by atoms with E-state index in [1.807, 2.05) is 12.1 Å². The second-order valence-corrected chi connectivity index (χ2v) is 8.66. The standard InChI is InChI=1S/C28H19O2.ClHO4/c1-29-21-14-10-20(11-15-21)26-27-22-8-4-2-6-18(22)12-16-24(27)30-25-17-13-19-7-3-5-9-23(19)28(25)26;2-1(3,4)5/h2-17H,1H3;(H,2,3,4,5)/q+1;/p-1. The van der Waals surface area contributed by atoms with Crippen molar-refractivity contribution < 1.29 is 38.0 Å². The van der Waals surface area contributed by atoms with Gasteiger partial charge in [-0.15, -0.1) is 10.2 Å². The fraction of sp³-hybridized carbons (Fsp3) is 0.0357. The molecule has 0 radical (unpaired) electrons. The summed E-state index contributed by atoms with van der Waals surface area (Å²) in [6.45, 7) is 0. The summed E-state index contributed by atoms with van der Waals surface area (Å²) in [5.74, 6) is 0.850. The van der Waals surface area contributed by atoms with Crippen LogP contribution in [0.3, 0.4) is 0 Å². The maximum atomic E-state index is 8.49. The first-order valence-electron chi connectivity index (χ1n) is 10.7. The van der Waals surface area contributed by atoms with Crippen LogP contribution in [0, 0.1) is 10.2 Å². The Morgan fingerprint density at radius 2 is 1.06 bits per heavy atom. The van der Waals surface area contributed by atoms with Gasteiger partial charge in [0, 0.05) is 17.7 Å². The van der Waals surface area contributed by atoms with E-state index in [4.69, 9.17) is 27.8 Å². The number of halogens is 1. The van der Waals surface area contributed by atoms with Crippen LogP contribution in [0.5, 0.6) is 5.75 Å². The summed E-state index contributed by atoms with van der Waals surface area (Å²) in [7, 11) is -3.25. The number of fused-ring (bicyclic) bond motifs is 6. The van der Waals surface area contributed by atoms with Gasteiger partial charge in [-0.05, 0) is 51.4 Å². The SMILES string of the molecule is COc1ccc(-c2c3c(ccc4ccccc43)[o+]c3ccc4ccccc4c23)cc1.[O-][Cl+3]([O-])([O-])[O-]. The number of ether oxygens (including phenoxy) is 1. The van der Waals surface area contributed by atoms with Gasteiger partial charge in [0.2, 0.25) is 0 Å². The molecule has 5 aromatic carbocycles. The summed E-state index contributed by atoms with van der Waals surface area (Å²) < 4.78 is 45.8. The molecule has 0 saturated heterocycles. The van der Waals surface area contributed by atoms with Gasteiger partial charge in [-0.3, -0.25) is 0 Å². The van der Waals surface area contributed by atoms with Crippen LogP contribution in [0.1, 0.15) is 0 Å². The molecule has 0 fully saturated rings. The van der Waals surface area contributed by atoms with Crippen molar-refractivity contribution in [2.24, 2.45) is 0 Å². The first-order chi connectivity index (χ1) is 16.8. The normalized spacial score (nSPS) is 11.6. The Hall–Kier alpha value is -3.78. The van der Waals surface area contributed by atoms with Crippen LogP contribution in [-0.4, -0.2) is 7.11 Å². The monoisotopic (exact) mass is 486 g/mol. The smallest absolute Gasteiger partial charge is 0.362 e. The van der Waals surface area contributed by atoms with Crippen molar-refractivity contribution in [1.82, 2.24) is 0 Å². The van der Waals surface area contributed by atoms with Crippen molar-refractivity contribution >= 4 is 43.5 Å². The minimum atomic E-state index is -4.94. The Balaban J connectivity index is 0.000000464. The number of methoxy groups -OCH3 is 1. The average molecular weight is 487 g/mol. The molecular formula is C28H19ClO6. The molecule has 6 nitrogen and oxygen atoms in total. The van der Waals surface area contributed by atoms with Crippen LogP contribution >= 0.6 is 0 Å². The molecule has 0 amide bonds. The highest BCUT2D eigenvalue weighted by atomic mass is 35.7. The third-order valence-corrected chi connectivity index (χ3v) is 5.88. The van der Waals surface area contributed by atoms with Crippen molar-refractivity contribution in [1.29, 1.82) is 0 Å². The van der Waals surface area contributed by atoms with E-state index in [1.54, 1.807) is 7.11 Å². The van der Waals surface area contributed by atoms with Crippen molar-refractivity contribution in [2.45, 2.75) is 0 Å². The number of hydrogen-bond acceptors (Lipinski definition) is 5. The fourth-order valence-corrected chi connectivity index (χ4v) is 4.48. The van der Waals surface area contributed by atoms with E-state index in [0.29, 0.717) is 0 Å². The van der Waals surface area contributed by atoms with E-state index in [2.05, 4.69) is 84.9 Å². The first kappa shape index (κ1) is 23.0. The number of benzene rings is 5. The molecule has 0 aliphatic heterocycles. The van der Waals surface area contributed by atoms with Crippen LogP contribution in [0.4, 0.5) is 0 Å². The van der Waals surface area contributed by atoms with E-state index in [9.17, 15) is 0 Å². The molecule has 1 heterocycles. The van der Waals surface area contributed by atoms with E-state index in [0.717, 1.165) is 33.3 Å². The zero-order chi connectivity index (χ0) is 24.6. The zero-order valence-corrected chi connectivity index (χ0v) is 19.3. The third kappa shape index (κ3) is 4.61. The van der Waals surface area contributed by atoms with Crippen LogP contribution in [0.25, 0.3) is 54.6 Å². The first-order valence-corrected chi connectivity index (χ1v) is 11.9. The molecule has 0 saturated carbocycles. The van der Waals surface area contributed by atoms with Crippen molar-refractivity contribution in [3.05, 3.63) is 97.1 Å². The van der Waals surface area contributed by atoms with Gasteiger partial charge in [-0.1, -0.05) is 60.7 Å². The highest BCUT2D eigenvalue weighted by Crippen LogP contribution is 2.43. The maximum Gasteiger partial charge on any atom is 0.362 e. The summed E-state index contributed by atoms with van der Waals surface area (Å²) in [6.07, 6.45) is 0. The lowest BCUT2D eigenvalue weighted by Gasteiger charge is -2.17. The maximum absolute atomic E-state index is 8.49. The van der Waals surface area contributed by atoms with Crippen LogP contribution in [0.15, 0.2) is 101 Å². The van der Waals surface area contributed by atoms with E-state index in [-0.39, 0.29) is 0 Å². The molecule has 0 atom stereocenters. The van der Waals surface area contributed by atoms with Gasteiger partial charge in [0.25, 0.3) is 0 Å². The Bertz CT molecular complexity index is 1570. The Morgan fingerprint density at radius 3 is 1.51 bits per heavy atom. The molecule has 6 aromatic rings. The minimum Gasteiger partial charge on any atom is -0.497 e. The van der Waals surface area contributed by atoms with Crippen molar-refractivity contribution in [2.75, 3.05) is 7.11 Å². The van der Waals surface area contributed by atoms with Gasteiger partial charge in [0.05, 0.1) is 17.9 Å². The van der Waals surface area contributed by atoms with Gasteiger partial charge in [-0.2, -0.15) is 0 Å². The highest BCUT2D eigenvalue weighted by Gasteiger charge is 2.23. The quantitative estimate of drug-likeness (QED) is 0.211. The second-order valence-electron chi connectivity index (χ2n) is 7.90. The molecule has 0 aliphatic rings. The molecule has 0 bridgehead atoms. The molecule has 6 rings (SSSR count). The lowest BCUT2D eigenvalue weighted by molar-refractivity contribution is -2.00. The predicted octanol–water partition coefficient (Wildman–Crippen LogP) is 3.09. The average Bonchev–Trinajstić information content (AvgIpc) is 2.86. The Kier molecular flexibility index (Phi) is 5.98. The van der Waals surface area contributed by atoms with E-state index in [1.165, 1.54) is 27.1 Å². The highest BCUT2D eigenvalue weighted by molar-refractivity contribution is 6.24. The summed E-state index contributed by atoms with van der Waals surface area (Å²) in [5, 5.41) is 7.08. The van der Waals surface area contributed by atoms with Crippen LogP contribution in [0.2, 0.25) is 0 Å². The van der Waals surface area contributed by atoms with Crippen LogP contribution < -0.4 is 23.4 Å². The number of rotatable bonds is 2. The van der Waals surface area contributed by atoms with Gasteiger partial charge < -0.3 is 4.74 Å². The molecule has 0 unspecified atom stereocenters. The Morgan fingerprint density at radius 1 is 0.600 bits per heavy atom. The molecule has 0 aliphatic carbocycles. The number of hydrogen-bond donors (Lipinski definition) is 0. The molecule has 1 aromatic heterocycles. The molecule has 0 N–H and O–H groups in total. The zero-order valence-electron chi connectivity index (χ0n) is 18.6. The molecule has 0 spiro atoms. The molecule has 7 heteroatoms. The van der Waals surface area contributed by atoms with E-state index < -0.39 is 10.2 Å². The lowest BCUT2D eigenvalue weighted by atomic mass is 9.91. The third-order valence-electron chi connectivity index (χ3n) is 5.88. The van der Waals surface area contributed by atoms with Gasteiger partial charge in [-0.25, -0.2) is 23.1 Å². The molecule has 174 valence electrons. The Labute approximate surface area is 202 Å². The summed E-state index contributed by atoms with van der Waals surface area (Å²) in [5.41, 5.74) is 4.13. The molecular weight excluding hydrogens is 468 g/mol. The molecule has 35 heavy (non-hydrogen) atoms. The summed E-state index contributed by atoms with van der Waals surface area (Å²) in [6, 6.07) is 33.7. The van der Waals surface area contributed by atoms with Gasteiger partial charge >= 0.3 is 11.2 Å². The second kappa shape index (κ2) is 9.11. The van der Waals surface area contributed by atoms with Gasteiger partial charge in [0.1, 0.15) is 5.75 Å². The van der Waals surface area contributed by atoms with Crippen molar-refractivity contribution in [3.8, 4) is 16.9 Å². The predicted molar refractivity (Wildman–Crippen MR) is 125 cm³/mol. The largest absolute Gasteiger partial charge is 0.497 e. The fourth-order valence-electron chi connectivity index (χ4n) is 4.48. The minimum absolute atomic E-state index is 0.850. The summed E-state index contributed by atoms with van der Waals surface area (Å²) >= 11 is 0. The lowest BCUT2D eigenvalue weighted by Crippen LogP contribution is -2.68. The summed E-state index contributed by atoms with van der Waals surface area (Å²) in [4.78, 5) is 0. The van der Waals surface area contributed by atoms with Crippen LogP contribution in [-0.2, 0) is 0 Å².